The van der Waals surface area contributed by atoms with Crippen LogP contribution in [0.5, 0.6) is 0 Å². The number of hydrogen-bond acceptors (Lipinski definition) is 5. The number of imidazole rings is 4. The van der Waals surface area contributed by atoms with E-state index in [2.05, 4.69) is 438 Å². The van der Waals surface area contributed by atoms with Crippen LogP contribution in [0.4, 0.5) is 0 Å². The quantitative estimate of drug-likeness (QED) is 0.155. The number of para-hydroxylation sites is 9. The molecular weight excluding hydrogens is 1540 g/mol. The minimum atomic E-state index is -0.0239. The van der Waals surface area contributed by atoms with E-state index in [4.69, 9.17) is 24.9 Å². The summed E-state index contributed by atoms with van der Waals surface area (Å²) in [4.78, 5) is 25.8. The Hall–Kier alpha value is -16.8. The van der Waals surface area contributed by atoms with Gasteiger partial charge >= 0.3 is 0 Å². The van der Waals surface area contributed by atoms with Crippen LogP contribution in [0.2, 0.25) is 0 Å². The highest BCUT2D eigenvalue weighted by Crippen LogP contribution is 2.51. The minimum Gasteiger partial charge on any atom is -0.292 e. The molecule has 0 fully saturated rings. The Morgan fingerprint density at radius 3 is 1.10 bits per heavy atom. The van der Waals surface area contributed by atoms with E-state index in [1.807, 2.05) is 12.1 Å². The molecule has 8 aromatic heterocycles. The lowest BCUT2D eigenvalue weighted by molar-refractivity contribution is 0.660. The third kappa shape index (κ3) is 11.2. The number of rotatable bonds is 6. The van der Waals surface area contributed by atoms with E-state index in [0.29, 0.717) is 0 Å². The summed E-state index contributed by atoms with van der Waals surface area (Å²) in [5.41, 5.74) is 31.5. The second-order valence-corrected chi connectivity index (χ2v) is 34.2. The van der Waals surface area contributed by atoms with E-state index in [-0.39, 0.29) is 5.41 Å². The van der Waals surface area contributed by atoms with Crippen LogP contribution in [0.3, 0.4) is 0 Å². The normalized spacial score (nSPS) is 12.6. The van der Waals surface area contributed by atoms with Crippen LogP contribution in [-0.2, 0) is 5.41 Å². The third-order valence-corrected chi connectivity index (χ3v) is 26.8. The smallest absolute Gasteiger partial charge is 0.147 e. The maximum atomic E-state index is 5.20. The van der Waals surface area contributed by atoms with Crippen molar-refractivity contribution < 1.29 is 0 Å². The molecule has 9 nitrogen and oxygen atoms in total. The molecule has 0 unspecified atom stereocenters. The summed E-state index contributed by atoms with van der Waals surface area (Å²) >= 11 is 0. The lowest BCUT2D eigenvalue weighted by Gasteiger charge is -2.22. The van der Waals surface area contributed by atoms with Crippen LogP contribution in [0, 0.1) is 0 Å². The van der Waals surface area contributed by atoms with E-state index in [9.17, 15) is 0 Å². The van der Waals surface area contributed by atoms with Crippen molar-refractivity contribution in [2.75, 3.05) is 0 Å². The fourth-order valence-corrected chi connectivity index (χ4v) is 20.7. The Bertz CT molecular complexity index is 9330. The van der Waals surface area contributed by atoms with Crippen molar-refractivity contribution in [2.45, 2.75) is 19.3 Å². The zero-order valence-corrected chi connectivity index (χ0v) is 69.4. The number of hydrogen-bond donors (Lipinski definition) is 0. The number of fused-ring (bicyclic) bond motifs is 35. The van der Waals surface area contributed by atoms with Gasteiger partial charge in [-0.1, -0.05) is 329 Å². The molecule has 0 saturated carbocycles. The van der Waals surface area contributed by atoms with Gasteiger partial charge in [-0.2, -0.15) is 0 Å². The lowest BCUT2D eigenvalue weighted by Crippen LogP contribution is -2.14. The van der Waals surface area contributed by atoms with E-state index < -0.39 is 0 Å². The summed E-state index contributed by atoms with van der Waals surface area (Å²) in [6, 6.07) is 150. The van der Waals surface area contributed by atoms with Crippen molar-refractivity contribution in [3.63, 3.8) is 0 Å². The van der Waals surface area contributed by atoms with Crippen LogP contribution < -0.4 is 0 Å². The molecule has 0 N–H and O–H groups in total. The van der Waals surface area contributed by atoms with Gasteiger partial charge in [-0.15, -0.1) is 0 Å². The van der Waals surface area contributed by atoms with Crippen molar-refractivity contribution in [1.29, 1.82) is 0 Å². The van der Waals surface area contributed by atoms with Gasteiger partial charge in [0.15, 0.2) is 0 Å². The molecule has 0 radical (unpaired) electrons. The fraction of sp³-hybridized carbons (Fsp3) is 0.0254. The maximum absolute atomic E-state index is 5.20. The Labute approximate surface area is 728 Å². The number of pyridine rings is 4. The van der Waals surface area contributed by atoms with Crippen LogP contribution in [0.1, 0.15) is 25.0 Å². The number of benzene rings is 19. The van der Waals surface area contributed by atoms with Crippen LogP contribution in [0.25, 0.3) is 242 Å². The molecule has 19 aromatic carbocycles. The molecule has 1 aliphatic carbocycles. The Morgan fingerprint density at radius 2 is 0.567 bits per heavy atom. The highest BCUT2D eigenvalue weighted by Gasteiger charge is 2.36. The van der Waals surface area contributed by atoms with E-state index in [1.54, 1.807) is 0 Å². The minimum absolute atomic E-state index is 0.0239. The molecule has 1 aliphatic rings. The molecule has 127 heavy (non-hydrogen) atoms. The molecule has 0 amide bonds. The molecule has 28 rings (SSSR count). The predicted octanol–water partition coefficient (Wildman–Crippen LogP) is 30.4. The molecule has 8 heterocycles. The Balaban J connectivity index is 0.000000101. The monoisotopic (exact) mass is 1620 g/mol. The fourth-order valence-electron chi connectivity index (χ4n) is 20.7. The van der Waals surface area contributed by atoms with Gasteiger partial charge in [0.2, 0.25) is 0 Å². The van der Waals surface area contributed by atoms with Gasteiger partial charge in [0.05, 0.1) is 72.1 Å². The van der Waals surface area contributed by atoms with Gasteiger partial charge in [0, 0.05) is 60.1 Å². The maximum Gasteiger partial charge on any atom is 0.147 e. The SMILES string of the molecule is CC1(C)c2ccccc2-c2ccc(-c3ccc4c5ccc6ccccc6c5c5nc6ccccc6n5c4c3)cc21.c1cc(-c2ccc3ccccc3c2)nc(-c2ccc3c4ccc5ccccc5c4c4nc5ccccc5n4c3c2)c1.c1ccc(-n2c(-c3ccc(-c4ccc5c6ccc7ccccc7c6c6nc7ccccc7n6c5c4)cc3)nc3ccccc32)cc1. The molecule has 9 heteroatoms. The van der Waals surface area contributed by atoms with Gasteiger partial charge in [0.25, 0.3) is 0 Å². The molecule has 0 atom stereocenters. The van der Waals surface area contributed by atoms with Gasteiger partial charge in [-0.3, -0.25) is 17.8 Å². The molecule has 0 saturated heterocycles. The Morgan fingerprint density at radius 1 is 0.205 bits per heavy atom. The van der Waals surface area contributed by atoms with Crippen LogP contribution >= 0.6 is 0 Å². The van der Waals surface area contributed by atoms with Crippen molar-refractivity contribution in [2.24, 2.45) is 0 Å². The summed E-state index contributed by atoms with van der Waals surface area (Å²) < 4.78 is 9.29. The van der Waals surface area contributed by atoms with Crippen molar-refractivity contribution in [1.82, 2.24) is 42.7 Å². The van der Waals surface area contributed by atoms with E-state index in [0.717, 1.165) is 123 Å². The van der Waals surface area contributed by atoms with Crippen molar-refractivity contribution in [3.05, 3.63) is 430 Å². The summed E-state index contributed by atoms with van der Waals surface area (Å²) in [7, 11) is 0. The summed E-state index contributed by atoms with van der Waals surface area (Å²) in [5.74, 6) is 0.933. The predicted molar refractivity (Wildman–Crippen MR) is 530 cm³/mol. The van der Waals surface area contributed by atoms with Gasteiger partial charge in [0.1, 0.15) is 22.8 Å². The summed E-state index contributed by atoms with van der Waals surface area (Å²) in [6.45, 7) is 4.69. The molecule has 0 bridgehead atoms. The van der Waals surface area contributed by atoms with Crippen LogP contribution in [0.15, 0.2) is 419 Å². The second-order valence-electron chi connectivity index (χ2n) is 34.2. The van der Waals surface area contributed by atoms with Gasteiger partial charge < -0.3 is 0 Å². The molecular formula is C118H75N9. The molecule has 0 spiro atoms. The zero-order chi connectivity index (χ0) is 83.7. The summed E-state index contributed by atoms with van der Waals surface area (Å²) in [5, 5.41) is 20.8. The van der Waals surface area contributed by atoms with Crippen LogP contribution in [-0.4, -0.2) is 42.7 Å². The molecule has 0 aliphatic heterocycles. The first kappa shape index (κ1) is 71.9. The molecule has 592 valence electrons. The first-order valence-electron chi connectivity index (χ1n) is 43.5. The Kier molecular flexibility index (Phi) is 15.9. The first-order valence-corrected chi connectivity index (χ1v) is 43.5. The summed E-state index contributed by atoms with van der Waals surface area (Å²) in [6.07, 6.45) is 0. The third-order valence-electron chi connectivity index (χ3n) is 26.8. The van der Waals surface area contributed by atoms with E-state index >= 15 is 0 Å². The average Bonchev–Trinajstić information content (AvgIpc) is 1.60. The largest absolute Gasteiger partial charge is 0.292 e. The average molecular weight is 1620 g/mol. The van der Waals surface area contributed by atoms with Gasteiger partial charge in [-0.25, -0.2) is 24.9 Å². The highest BCUT2D eigenvalue weighted by molar-refractivity contribution is 6.26. The first-order chi connectivity index (χ1) is 62.7. The molecule has 27 aromatic rings. The van der Waals surface area contributed by atoms with Crippen molar-refractivity contribution in [3.8, 4) is 73.0 Å². The van der Waals surface area contributed by atoms with E-state index in [1.165, 1.54) is 130 Å². The highest BCUT2D eigenvalue weighted by atomic mass is 15.1. The lowest BCUT2D eigenvalue weighted by atomic mass is 9.81. The second kappa shape index (κ2) is 28.2. The van der Waals surface area contributed by atoms with Gasteiger partial charge in [-0.05, 0) is 207 Å². The zero-order valence-electron chi connectivity index (χ0n) is 69.4. The topological polar surface area (TPSA) is 82.6 Å². The number of nitrogens with zero attached hydrogens (tertiary/aromatic N) is 9. The van der Waals surface area contributed by atoms with Crippen molar-refractivity contribution >= 4 is 169 Å². The standard InChI is InChI=1S/C42H26N4.C38H23N3.C38H26N2/c1-2-11-31(12-3-1)45-37-16-8-6-14-35(37)43-41(45)29-20-18-27(19-21-29)30-23-24-33-34-25-22-28-10-4-5-13-32(28)40(34)42-44-36-15-7-9-17-38(36)46(42)39(33)26-30;1-2-10-26-22-27(17-16-24(26)8-1)32-13-7-14-33(39-32)28-19-20-30-31-21-18-25-9-3-4-11-29(25)37(31)38-40-34-12-5-6-15-35(34)41(38)36(30)23-28;1-38(2)31-12-6-5-11-27(31)28-18-16-24(21-32(28)38)25-17-19-29-30-20-15-23-9-3-4-10-26(23)36(30)37-39-33-13-7-8-14-34(33)40(37)35(29)22-25/h1-26H;1-23H;3-22H,1-2H3. The number of aromatic nitrogens is 9.